The van der Waals surface area contributed by atoms with E-state index in [9.17, 15) is 0 Å². The second-order valence-corrected chi connectivity index (χ2v) is 29.3. The molecule has 8 aromatic rings. The van der Waals surface area contributed by atoms with E-state index >= 15 is 0 Å². The third-order valence-electron chi connectivity index (χ3n) is 12.3. The molecular formula is C54H44SiZr. The SMILES string of the molecule is CCC1=Cc2c(-c3cccc4ccccc34)cccc2[CH]1[Zr]([CH]1C(CC)=Cc2c(-c3cccc4ccccc34)cccc21)=[Si](c1ccccc1)c1ccccc1. The molecule has 0 heterocycles. The molecule has 0 nitrogen and oxygen atoms in total. The molecule has 0 amide bonds. The maximum atomic E-state index is 2.64. The Balaban J connectivity index is 1.27. The molecule has 268 valence electrons. The topological polar surface area (TPSA) is 0 Å². The Morgan fingerprint density at radius 3 is 1.21 bits per heavy atom. The van der Waals surface area contributed by atoms with Crippen LogP contribution >= 0.6 is 0 Å². The molecule has 8 aromatic carbocycles. The first-order valence-electron chi connectivity index (χ1n) is 20.2. The van der Waals surface area contributed by atoms with Gasteiger partial charge in [-0.25, -0.2) is 0 Å². The van der Waals surface area contributed by atoms with Crippen LogP contribution in [-0.4, -0.2) is 5.43 Å². The predicted octanol–water partition coefficient (Wildman–Crippen LogP) is 13.1. The molecule has 56 heavy (non-hydrogen) atoms. The Kier molecular flexibility index (Phi) is 9.50. The number of hydrogen-bond donors (Lipinski definition) is 0. The molecule has 2 heteroatoms. The van der Waals surface area contributed by atoms with Gasteiger partial charge in [-0.3, -0.25) is 0 Å². The number of fused-ring (bicyclic) bond motifs is 4. The van der Waals surface area contributed by atoms with Gasteiger partial charge < -0.3 is 0 Å². The number of hydrogen-bond acceptors (Lipinski definition) is 0. The Morgan fingerprint density at radius 1 is 0.393 bits per heavy atom. The van der Waals surface area contributed by atoms with Crippen molar-refractivity contribution in [2.24, 2.45) is 0 Å². The third-order valence-corrected chi connectivity index (χ3v) is 33.1. The van der Waals surface area contributed by atoms with E-state index in [0.717, 1.165) is 12.8 Å². The van der Waals surface area contributed by atoms with Gasteiger partial charge in [0.2, 0.25) is 0 Å². The zero-order valence-electron chi connectivity index (χ0n) is 32.0. The van der Waals surface area contributed by atoms with Crippen molar-refractivity contribution in [3.8, 4) is 22.3 Å². The molecule has 0 radical (unpaired) electrons. The van der Waals surface area contributed by atoms with Crippen molar-refractivity contribution >= 4 is 49.5 Å². The Morgan fingerprint density at radius 2 is 0.768 bits per heavy atom. The maximum absolute atomic E-state index is 2.82. The van der Waals surface area contributed by atoms with Crippen LogP contribution in [0.5, 0.6) is 0 Å². The number of rotatable bonds is 8. The van der Waals surface area contributed by atoms with E-state index in [4.69, 9.17) is 0 Å². The van der Waals surface area contributed by atoms with Crippen LogP contribution in [-0.2, 0) is 20.4 Å². The van der Waals surface area contributed by atoms with Gasteiger partial charge in [-0.2, -0.15) is 0 Å². The molecule has 2 unspecified atom stereocenters. The monoisotopic (exact) mass is 810 g/mol. The summed E-state index contributed by atoms with van der Waals surface area (Å²) in [6, 6.07) is 69.4. The van der Waals surface area contributed by atoms with Crippen molar-refractivity contribution < 1.29 is 20.4 Å². The molecule has 0 aliphatic heterocycles. The van der Waals surface area contributed by atoms with E-state index in [1.807, 2.05) is 0 Å². The quantitative estimate of drug-likeness (QED) is 0.134. The van der Waals surface area contributed by atoms with E-state index in [2.05, 4.69) is 208 Å². The Labute approximate surface area is 339 Å². The fourth-order valence-electron chi connectivity index (χ4n) is 9.83. The second-order valence-electron chi connectivity index (χ2n) is 15.2. The molecule has 0 aromatic heterocycles. The van der Waals surface area contributed by atoms with Gasteiger partial charge >= 0.3 is 341 Å². The Hall–Kier alpha value is -5.14. The summed E-state index contributed by atoms with van der Waals surface area (Å²) in [5.74, 6) is 0. The summed E-state index contributed by atoms with van der Waals surface area (Å²) in [5, 5.41) is 8.40. The van der Waals surface area contributed by atoms with Crippen molar-refractivity contribution in [3.05, 3.63) is 215 Å². The van der Waals surface area contributed by atoms with Crippen molar-refractivity contribution in [1.82, 2.24) is 0 Å². The predicted molar refractivity (Wildman–Crippen MR) is 239 cm³/mol. The van der Waals surface area contributed by atoms with Crippen molar-refractivity contribution in [2.75, 3.05) is 0 Å². The molecular weight excluding hydrogens is 768 g/mol. The summed E-state index contributed by atoms with van der Waals surface area (Å²) in [7, 11) is 0. The first-order valence-corrected chi connectivity index (χ1v) is 28.2. The third kappa shape index (κ3) is 5.98. The molecule has 0 bridgehead atoms. The summed E-state index contributed by atoms with van der Waals surface area (Å²) in [5.41, 5.74) is 13.6. The van der Waals surface area contributed by atoms with Crippen LogP contribution in [0.1, 0.15) is 56.2 Å². The van der Waals surface area contributed by atoms with E-state index in [1.54, 1.807) is 32.6 Å². The standard InChI is InChI=1S/2C21H17.C12H10Si.Zr/c2*1-2-15-13-17-9-6-12-20(21(17)14-15)19-11-5-8-16-7-3-4-10-18(16)19;1-3-7-11(8-4-1)13-12-9-5-2-6-10-12;/h2*3-14H,2H2,1H3;1-10H;. The normalized spacial score (nSPS) is 15.7. The Bertz CT molecular complexity index is 2670. The molecule has 0 saturated carbocycles. The summed E-state index contributed by atoms with van der Waals surface area (Å²) in [6.45, 7) is 4.83. The van der Waals surface area contributed by atoms with Gasteiger partial charge in [-0.05, 0) is 0 Å². The van der Waals surface area contributed by atoms with Crippen LogP contribution in [0.25, 0.3) is 56.0 Å². The number of benzene rings is 8. The molecule has 0 spiro atoms. The zero-order valence-corrected chi connectivity index (χ0v) is 35.5. The average Bonchev–Trinajstić information content (AvgIpc) is 3.84. The fourth-order valence-corrected chi connectivity index (χ4v) is 35.2. The molecule has 0 saturated heterocycles. The van der Waals surface area contributed by atoms with E-state index in [1.165, 1.54) is 54.9 Å². The number of allylic oxidation sites excluding steroid dienone is 2. The van der Waals surface area contributed by atoms with E-state index < -0.39 is 25.8 Å². The molecule has 0 N–H and O–H groups in total. The van der Waals surface area contributed by atoms with E-state index in [0.29, 0.717) is 7.25 Å². The summed E-state index contributed by atoms with van der Waals surface area (Å²) in [4.78, 5) is 0. The van der Waals surface area contributed by atoms with Crippen molar-refractivity contribution in [2.45, 2.75) is 33.9 Å². The van der Waals surface area contributed by atoms with Crippen LogP contribution in [0.4, 0.5) is 0 Å². The van der Waals surface area contributed by atoms with Crippen LogP contribution in [0, 0.1) is 0 Å². The van der Waals surface area contributed by atoms with Crippen molar-refractivity contribution in [3.63, 3.8) is 0 Å². The van der Waals surface area contributed by atoms with Gasteiger partial charge in [0.1, 0.15) is 0 Å². The van der Waals surface area contributed by atoms with Gasteiger partial charge in [0.25, 0.3) is 0 Å². The summed E-state index contributed by atoms with van der Waals surface area (Å²) >= 11 is -2.82. The van der Waals surface area contributed by atoms with Gasteiger partial charge in [-0.1, -0.05) is 0 Å². The molecule has 0 fully saturated rings. The van der Waals surface area contributed by atoms with Crippen molar-refractivity contribution in [1.29, 1.82) is 0 Å². The average molecular weight is 812 g/mol. The fraction of sp³-hybridized carbons (Fsp3) is 0.111. The van der Waals surface area contributed by atoms with Gasteiger partial charge in [0.15, 0.2) is 0 Å². The van der Waals surface area contributed by atoms with Crippen LogP contribution in [0.3, 0.4) is 0 Å². The second kappa shape index (κ2) is 15.1. The van der Waals surface area contributed by atoms with Crippen LogP contribution in [0.15, 0.2) is 193 Å². The minimum atomic E-state index is -2.82. The first kappa shape index (κ1) is 35.3. The van der Waals surface area contributed by atoms with Gasteiger partial charge in [0.05, 0.1) is 0 Å². The molecule has 2 aliphatic carbocycles. The zero-order chi connectivity index (χ0) is 37.6. The molecule has 10 rings (SSSR count). The van der Waals surface area contributed by atoms with Crippen LogP contribution < -0.4 is 10.4 Å². The van der Waals surface area contributed by atoms with Gasteiger partial charge in [-0.15, -0.1) is 0 Å². The molecule has 2 aliphatic rings. The molecule has 2 atom stereocenters. The summed E-state index contributed by atoms with van der Waals surface area (Å²) in [6.07, 6.45) is 7.42. The summed E-state index contributed by atoms with van der Waals surface area (Å²) < 4.78 is 0.933. The van der Waals surface area contributed by atoms with Gasteiger partial charge in [0, 0.05) is 0 Å². The minimum absolute atomic E-state index is 0.466. The van der Waals surface area contributed by atoms with Crippen LogP contribution in [0.2, 0.25) is 0 Å². The first-order chi connectivity index (χ1) is 27.7. The van der Waals surface area contributed by atoms with E-state index in [-0.39, 0.29) is 0 Å².